The van der Waals surface area contributed by atoms with Crippen LogP contribution in [0.25, 0.3) is 5.69 Å². The summed E-state index contributed by atoms with van der Waals surface area (Å²) < 4.78 is 7.47. The Balaban J connectivity index is 1.62. The zero-order chi connectivity index (χ0) is 16.5. The minimum atomic E-state index is -0.161. The van der Waals surface area contributed by atoms with Gasteiger partial charge < -0.3 is 4.74 Å². The van der Waals surface area contributed by atoms with Gasteiger partial charge in [-0.3, -0.25) is 9.36 Å². The Labute approximate surface area is 143 Å². The fourth-order valence-electron chi connectivity index (χ4n) is 2.89. The van der Waals surface area contributed by atoms with Crippen molar-refractivity contribution in [1.82, 2.24) is 14.8 Å². The molecule has 0 radical (unpaired) electrons. The molecule has 1 aliphatic heterocycles. The number of ether oxygens (including phenoxy) is 1. The van der Waals surface area contributed by atoms with Crippen LogP contribution in [0.4, 0.5) is 0 Å². The van der Waals surface area contributed by atoms with Crippen molar-refractivity contribution < 1.29 is 4.74 Å². The second-order valence-electron chi connectivity index (χ2n) is 5.61. The second-order valence-corrected chi connectivity index (χ2v) is 6.01. The molecule has 2 heterocycles. The van der Waals surface area contributed by atoms with Gasteiger partial charge in [0, 0.05) is 17.0 Å². The number of hydrogen-bond donors (Lipinski definition) is 0. The van der Waals surface area contributed by atoms with Gasteiger partial charge in [-0.25, -0.2) is 0 Å². The molecule has 5 nitrogen and oxygen atoms in total. The minimum Gasteiger partial charge on any atom is -0.489 e. The monoisotopic (exact) mass is 339 g/mol. The Morgan fingerprint density at radius 1 is 1.17 bits per heavy atom. The summed E-state index contributed by atoms with van der Waals surface area (Å²) >= 11 is 6.15. The molecule has 1 aromatic heterocycles. The summed E-state index contributed by atoms with van der Waals surface area (Å²) in [5.41, 5.74) is 2.69. The molecule has 0 aliphatic carbocycles. The number of halogens is 1. The molecule has 6 heteroatoms. The van der Waals surface area contributed by atoms with Crippen LogP contribution in [0.1, 0.15) is 17.0 Å². The third-order valence-corrected chi connectivity index (χ3v) is 4.45. The molecule has 4 rings (SSSR count). The zero-order valence-electron chi connectivity index (χ0n) is 12.8. The summed E-state index contributed by atoms with van der Waals surface area (Å²) in [4.78, 5) is 12.1. The van der Waals surface area contributed by atoms with Gasteiger partial charge >= 0.3 is 0 Å². The van der Waals surface area contributed by atoms with E-state index in [1.165, 1.54) is 6.20 Å². The van der Waals surface area contributed by atoms with Crippen LogP contribution in [0.2, 0.25) is 5.02 Å². The van der Waals surface area contributed by atoms with Crippen LogP contribution in [-0.4, -0.2) is 14.8 Å². The van der Waals surface area contributed by atoms with Gasteiger partial charge in [-0.05, 0) is 36.2 Å². The standard InChI is InChI=1S/C18H14ClN3O2/c19-15-4-2-1-3-13(15)11-24-14-6-7-16-12(9-14)5-8-17-21-20-10-18(23)22(16)17/h1-4,6-7,9-10H,5,8,11H2. The van der Waals surface area contributed by atoms with Gasteiger partial charge in [0.25, 0.3) is 5.56 Å². The van der Waals surface area contributed by atoms with Crippen LogP contribution in [0, 0.1) is 0 Å². The maximum atomic E-state index is 12.1. The Hall–Kier alpha value is -2.66. The molecule has 0 N–H and O–H groups in total. The van der Waals surface area contributed by atoms with E-state index in [2.05, 4.69) is 10.2 Å². The van der Waals surface area contributed by atoms with Crippen LogP contribution < -0.4 is 10.3 Å². The zero-order valence-corrected chi connectivity index (χ0v) is 13.5. The SMILES string of the molecule is O=c1cnnc2n1-c1ccc(OCc3ccccc3Cl)cc1CC2. The maximum absolute atomic E-state index is 12.1. The highest BCUT2D eigenvalue weighted by atomic mass is 35.5. The molecule has 3 aromatic rings. The highest BCUT2D eigenvalue weighted by Crippen LogP contribution is 2.27. The van der Waals surface area contributed by atoms with Crippen molar-refractivity contribution in [3.05, 3.63) is 81.0 Å². The largest absolute Gasteiger partial charge is 0.489 e. The first-order valence-corrected chi connectivity index (χ1v) is 8.03. The lowest BCUT2D eigenvalue weighted by molar-refractivity contribution is 0.306. The van der Waals surface area contributed by atoms with Crippen LogP contribution in [-0.2, 0) is 19.4 Å². The first-order chi connectivity index (χ1) is 11.7. The third-order valence-electron chi connectivity index (χ3n) is 4.08. The van der Waals surface area contributed by atoms with Gasteiger partial charge in [0.1, 0.15) is 24.4 Å². The Kier molecular flexibility index (Phi) is 3.78. The van der Waals surface area contributed by atoms with Crippen molar-refractivity contribution in [2.45, 2.75) is 19.4 Å². The Morgan fingerprint density at radius 3 is 2.92 bits per heavy atom. The fourth-order valence-corrected chi connectivity index (χ4v) is 3.08. The number of hydrogen-bond acceptors (Lipinski definition) is 4. The number of fused-ring (bicyclic) bond motifs is 3. The van der Waals surface area contributed by atoms with Crippen molar-refractivity contribution in [1.29, 1.82) is 0 Å². The molecule has 1 aliphatic rings. The van der Waals surface area contributed by atoms with Crippen molar-refractivity contribution in [2.24, 2.45) is 0 Å². The lowest BCUT2D eigenvalue weighted by Gasteiger charge is -2.20. The van der Waals surface area contributed by atoms with Gasteiger partial charge in [-0.2, -0.15) is 5.10 Å². The Bertz CT molecular complexity index is 968. The van der Waals surface area contributed by atoms with E-state index in [0.717, 1.165) is 29.0 Å². The normalized spacial score (nSPS) is 12.4. The van der Waals surface area contributed by atoms with E-state index >= 15 is 0 Å². The quantitative estimate of drug-likeness (QED) is 0.736. The van der Waals surface area contributed by atoms with Crippen molar-refractivity contribution in [3.8, 4) is 11.4 Å². The van der Waals surface area contributed by atoms with Crippen molar-refractivity contribution in [2.75, 3.05) is 0 Å². The van der Waals surface area contributed by atoms with Crippen LogP contribution in [0.5, 0.6) is 5.75 Å². The summed E-state index contributed by atoms with van der Waals surface area (Å²) in [5.74, 6) is 1.45. The molecule has 0 spiro atoms. The molecular weight excluding hydrogens is 326 g/mol. The molecule has 0 saturated heterocycles. The topological polar surface area (TPSA) is 57.0 Å². The number of aromatic nitrogens is 3. The van der Waals surface area contributed by atoms with Gasteiger partial charge in [0.15, 0.2) is 0 Å². The van der Waals surface area contributed by atoms with Crippen LogP contribution in [0.15, 0.2) is 53.5 Å². The summed E-state index contributed by atoms with van der Waals surface area (Å²) in [5, 5.41) is 8.48. The number of benzene rings is 2. The Morgan fingerprint density at radius 2 is 2.04 bits per heavy atom. The first kappa shape index (κ1) is 14.9. The van der Waals surface area contributed by atoms with Gasteiger partial charge in [0.2, 0.25) is 0 Å². The number of nitrogens with zero attached hydrogens (tertiary/aromatic N) is 3. The van der Waals surface area contributed by atoms with E-state index in [1.54, 1.807) is 4.57 Å². The van der Waals surface area contributed by atoms with E-state index in [9.17, 15) is 4.79 Å². The van der Waals surface area contributed by atoms with Crippen molar-refractivity contribution >= 4 is 11.6 Å². The summed E-state index contributed by atoms with van der Waals surface area (Å²) in [7, 11) is 0. The summed E-state index contributed by atoms with van der Waals surface area (Å²) in [6, 6.07) is 13.3. The van der Waals surface area contributed by atoms with E-state index in [4.69, 9.17) is 16.3 Å². The number of aryl methyl sites for hydroxylation is 2. The summed E-state index contributed by atoms with van der Waals surface area (Å²) in [6.07, 6.45) is 2.72. The molecule has 0 atom stereocenters. The molecule has 0 saturated carbocycles. The second kappa shape index (κ2) is 6.09. The molecule has 0 unspecified atom stereocenters. The minimum absolute atomic E-state index is 0.161. The summed E-state index contributed by atoms with van der Waals surface area (Å²) in [6.45, 7) is 0.403. The average molecular weight is 340 g/mol. The predicted molar refractivity (Wildman–Crippen MR) is 90.8 cm³/mol. The predicted octanol–water partition coefficient (Wildman–Crippen LogP) is 2.96. The third kappa shape index (κ3) is 2.67. The van der Waals surface area contributed by atoms with Crippen LogP contribution >= 0.6 is 11.6 Å². The van der Waals surface area contributed by atoms with E-state index < -0.39 is 0 Å². The lowest BCUT2D eigenvalue weighted by atomic mass is 10.0. The van der Waals surface area contributed by atoms with Crippen LogP contribution in [0.3, 0.4) is 0 Å². The first-order valence-electron chi connectivity index (χ1n) is 7.65. The highest BCUT2D eigenvalue weighted by Gasteiger charge is 2.18. The maximum Gasteiger partial charge on any atom is 0.276 e. The molecular formula is C18H14ClN3O2. The van der Waals surface area contributed by atoms with Crippen molar-refractivity contribution in [3.63, 3.8) is 0 Å². The lowest BCUT2D eigenvalue weighted by Crippen LogP contribution is -2.28. The van der Waals surface area contributed by atoms with Gasteiger partial charge in [-0.15, -0.1) is 5.10 Å². The number of rotatable bonds is 3. The molecule has 0 bridgehead atoms. The van der Waals surface area contributed by atoms with E-state index in [1.807, 2.05) is 42.5 Å². The average Bonchev–Trinajstić information content (AvgIpc) is 2.61. The molecule has 0 amide bonds. The molecule has 2 aromatic carbocycles. The van der Waals surface area contributed by atoms with E-state index in [-0.39, 0.29) is 5.56 Å². The molecule has 24 heavy (non-hydrogen) atoms. The van der Waals surface area contributed by atoms with E-state index in [0.29, 0.717) is 23.9 Å². The molecule has 120 valence electrons. The van der Waals surface area contributed by atoms with Gasteiger partial charge in [0.05, 0.1) is 5.69 Å². The highest BCUT2D eigenvalue weighted by molar-refractivity contribution is 6.31. The smallest absolute Gasteiger partial charge is 0.276 e. The van der Waals surface area contributed by atoms with Gasteiger partial charge in [-0.1, -0.05) is 29.8 Å². The molecule has 0 fully saturated rings. The fraction of sp³-hybridized carbons (Fsp3) is 0.167.